The van der Waals surface area contributed by atoms with Gasteiger partial charge >= 0.3 is 0 Å². The number of benzene rings is 1. The van der Waals surface area contributed by atoms with E-state index < -0.39 is 10.0 Å². The van der Waals surface area contributed by atoms with Crippen LogP contribution in [-0.4, -0.2) is 88.0 Å². The topological polar surface area (TPSA) is 103 Å². The molecule has 0 amide bonds. The maximum absolute atomic E-state index is 12.7. The largest absolute Gasteiger partial charge is 0.314 e. The Balaban J connectivity index is 0.000000254. The number of thiophene rings is 1. The molecular weight excluding hydrogens is 456 g/mol. The minimum absolute atomic E-state index is 0.343. The van der Waals surface area contributed by atoms with Gasteiger partial charge in [-0.05, 0) is 23.6 Å². The van der Waals surface area contributed by atoms with Crippen molar-refractivity contribution in [2.45, 2.75) is 4.21 Å². The first kappa shape index (κ1) is 23.9. The van der Waals surface area contributed by atoms with Gasteiger partial charge in [0.15, 0.2) is 0 Å². The summed E-state index contributed by atoms with van der Waals surface area (Å²) in [4.78, 5) is 4.10. The van der Waals surface area contributed by atoms with E-state index in [9.17, 15) is 8.42 Å². The molecule has 3 heterocycles. The lowest BCUT2D eigenvalue weighted by Crippen LogP contribution is -2.48. The summed E-state index contributed by atoms with van der Waals surface area (Å²) in [5, 5.41) is 21.7. The first-order valence-corrected chi connectivity index (χ1v) is 12.7. The van der Waals surface area contributed by atoms with Crippen molar-refractivity contribution in [1.29, 1.82) is 10.5 Å². The molecule has 0 unspecified atom stereocenters. The zero-order valence-electron chi connectivity index (χ0n) is 17.1. The molecule has 1 aromatic heterocycles. The van der Waals surface area contributed by atoms with E-state index in [1.54, 1.807) is 18.2 Å². The van der Waals surface area contributed by atoms with E-state index in [4.69, 9.17) is 22.1 Å². The number of nitrogens with zero attached hydrogens (tertiary/aromatic N) is 5. The molecule has 2 saturated heterocycles. The number of nitrogens with one attached hydrogen (secondary N) is 1. The lowest BCUT2D eigenvalue weighted by atomic mass is 10.3. The quantitative estimate of drug-likeness (QED) is 0.665. The molecule has 0 bridgehead atoms. The number of piperazine rings is 2. The van der Waals surface area contributed by atoms with Gasteiger partial charge in [0.2, 0.25) is 0 Å². The predicted molar refractivity (Wildman–Crippen MR) is 123 cm³/mol. The lowest BCUT2D eigenvalue weighted by molar-refractivity contribution is 0.206. The normalized spacial score (nSPS) is 18.7. The second-order valence-corrected chi connectivity index (χ2v) is 11.0. The molecule has 2 aliphatic heterocycles. The Kier molecular flexibility index (Phi) is 8.64. The van der Waals surface area contributed by atoms with Crippen molar-refractivity contribution in [3.05, 3.63) is 29.3 Å². The van der Waals surface area contributed by atoms with Crippen LogP contribution in [0.15, 0.2) is 28.5 Å². The number of nitriles is 2. The number of hydrogen-bond acceptors (Lipinski definition) is 8. The minimum Gasteiger partial charge on any atom is -0.314 e. The standard InChI is InChI=1S/C14H14ClN3O2S2.C6H11N3/c15-12-2-1-11-9-14(21-13(11)10-12)22(19,20)18-7-5-17(4-3-16)6-8-18;7-1-4-9-5-2-8-3-6-9/h1-2,9-10H,4-8H2;8H,2-6H2. The third kappa shape index (κ3) is 6.37. The number of rotatable bonds is 4. The molecular formula is C20H25ClN6O2S2. The summed E-state index contributed by atoms with van der Waals surface area (Å²) in [6.45, 7) is 7.03. The van der Waals surface area contributed by atoms with Gasteiger partial charge in [-0.3, -0.25) is 9.80 Å². The van der Waals surface area contributed by atoms with Gasteiger partial charge in [0.25, 0.3) is 10.0 Å². The van der Waals surface area contributed by atoms with Crippen molar-refractivity contribution in [2.24, 2.45) is 0 Å². The molecule has 1 N–H and O–H groups in total. The fourth-order valence-corrected chi connectivity index (χ4v) is 6.68. The third-order valence-corrected chi connectivity index (χ3v) is 8.86. The van der Waals surface area contributed by atoms with Gasteiger partial charge in [-0.1, -0.05) is 17.7 Å². The van der Waals surface area contributed by atoms with Crippen LogP contribution in [0.1, 0.15) is 0 Å². The van der Waals surface area contributed by atoms with Crippen LogP contribution in [0, 0.1) is 22.7 Å². The van der Waals surface area contributed by atoms with Crippen LogP contribution < -0.4 is 5.32 Å². The Morgan fingerprint density at radius 1 is 0.968 bits per heavy atom. The number of fused-ring (bicyclic) bond motifs is 1. The highest BCUT2D eigenvalue weighted by Gasteiger charge is 2.29. The Bertz CT molecular complexity index is 1060. The summed E-state index contributed by atoms with van der Waals surface area (Å²) in [5.74, 6) is 0. The molecule has 11 heteroatoms. The monoisotopic (exact) mass is 480 g/mol. The van der Waals surface area contributed by atoms with E-state index in [1.165, 1.54) is 15.6 Å². The maximum atomic E-state index is 12.7. The summed E-state index contributed by atoms with van der Waals surface area (Å²) in [6, 6.07) is 11.3. The summed E-state index contributed by atoms with van der Waals surface area (Å²) < 4.78 is 28.2. The minimum atomic E-state index is -3.48. The lowest BCUT2D eigenvalue weighted by Gasteiger charge is -2.32. The summed E-state index contributed by atoms with van der Waals surface area (Å²) in [5.41, 5.74) is 0. The van der Waals surface area contributed by atoms with Crippen LogP contribution in [-0.2, 0) is 10.0 Å². The molecule has 166 valence electrons. The molecule has 0 spiro atoms. The van der Waals surface area contributed by atoms with Crippen molar-refractivity contribution >= 4 is 43.0 Å². The third-order valence-electron chi connectivity index (χ3n) is 5.18. The molecule has 8 nitrogen and oxygen atoms in total. The molecule has 0 radical (unpaired) electrons. The number of sulfonamides is 1. The second kappa shape index (κ2) is 11.2. The molecule has 2 fully saturated rings. The van der Waals surface area contributed by atoms with Gasteiger partial charge in [0, 0.05) is 62.1 Å². The van der Waals surface area contributed by atoms with E-state index in [1.807, 2.05) is 11.0 Å². The van der Waals surface area contributed by atoms with E-state index in [-0.39, 0.29) is 0 Å². The fourth-order valence-electron chi connectivity index (χ4n) is 3.43. The maximum Gasteiger partial charge on any atom is 0.252 e. The Hall–Kier alpha value is -1.76. The SMILES string of the molecule is N#CCN1CCN(S(=O)(=O)c2cc3ccc(Cl)cc3s2)CC1.N#CCN1CCNCC1. The predicted octanol–water partition coefficient (Wildman–Crippen LogP) is 1.80. The molecule has 0 aliphatic carbocycles. The van der Waals surface area contributed by atoms with Gasteiger partial charge in [0.05, 0.1) is 25.2 Å². The highest BCUT2D eigenvalue weighted by molar-refractivity contribution is 7.91. The number of halogens is 1. The first-order valence-electron chi connectivity index (χ1n) is 10.0. The van der Waals surface area contributed by atoms with Crippen LogP contribution in [0.2, 0.25) is 5.02 Å². The average Bonchev–Trinajstić information content (AvgIpc) is 3.20. The van der Waals surface area contributed by atoms with Crippen LogP contribution >= 0.6 is 22.9 Å². The Morgan fingerprint density at radius 3 is 2.19 bits per heavy atom. The molecule has 2 aromatic rings. The van der Waals surface area contributed by atoms with Gasteiger partial charge < -0.3 is 5.32 Å². The van der Waals surface area contributed by atoms with E-state index in [2.05, 4.69) is 22.4 Å². The van der Waals surface area contributed by atoms with Crippen LogP contribution in [0.4, 0.5) is 0 Å². The zero-order valence-corrected chi connectivity index (χ0v) is 19.5. The molecule has 0 atom stereocenters. The van der Waals surface area contributed by atoms with E-state index in [0.29, 0.717) is 48.5 Å². The Morgan fingerprint density at radius 2 is 1.58 bits per heavy atom. The van der Waals surface area contributed by atoms with Crippen LogP contribution in [0.5, 0.6) is 0 Å². The van der Waals surface area contributed by atoms with Crippen molar-refractivity contribution in [3.63, 3.8) is 0 Å². The molecule has 2 aliphatic rings. The summed E-state index contributed by atoms with van der Waals surface area (Å²) in [7, 11) is -3.48. The number of hydrogen-bond donors (Lipinski definition) is 1. The molecule has 4 rings (SSSR count). The molecule has 31 heavy (non-hydrogen) atoms. The highest BCUT2D eigenvalue weighted by Crippen LogP contribution is 2.32. The molecule has 0 saturated carbocycles. The van der Waals surface area contributed by atoms with Crippen molar-refractivity contribution in [1.82, 2.24) is 19.4 Å². The van der Waals surface area contributed by atoms with Crippen LogP contribution in [0.3, 0.4) is 0 Å². The second-order valence-electron chi connectivity index (χ2n) is 7.27. The fraction of sp³-hybridized carbons (Fsp3) is 0.500. The van der Waals surface area contributed by atoms with E-state index in [0.717, 1.165) is 36.3 Å². The summed E-state index contributed by atoms with van der Waals surface area (Å²) >= 11 is 7.19. The average molecular weight is 481 g/mol. The molecule has 1 aromatic carbocycles. The first-order chi connectivity index (χ1) is 14.9. The smallest absolute Gasteiger partial charge is 0.252 e. The summed E-state index contributed by atoms with van der Waals surface area (Å²) in [6.07, 6.45) is 0. The van der Waals surface area contributed by atoms with Gasteiger partial charge in [-0.2, -0.15) is 14.8 Å². The van der Waals surface area contributed by atoms with Gasteiger partial charge in [-0.15, -0.1) is 11.3 Å². The van der Waals surface area contributed by atoms with Crippen molar-refractivity contribution in [2.75, 3.05) is 65.4 Å². The van der Waals surface area contributed by atoms with Crippen LogP contribution in [0.25, 0.3) is 10.1 Å². The van der Waals surface area contributed by atoms with Gasteiger partial charge in [0.1, 0.15) is 4.21 Å². The van der Waals surface area contributed by atoms with Crippen molar-refractivity contribution < 1.29 is 8.42 Å². The van der Waals surface area contributed by atoms with Gasteiger partial charge in [-0.25, -0.2) is 8.42 Å². The highest BCUT2D eigenvalue weighted by atomic mass is 35.5. The van der Waals surface area contributed by atoms with Crippen molar-refractivity contribution in [3.8, 4) is 12.1 Å². The van der Waals surface area contributed by atoms with E-state index >= 15 is 0 Å². The Labute approximate surface area is 192 Å². The zero-order chi connectivity index (χ0) is 22.3.